The van der Waals surface area contributed by atoms with E-state index in [9.17, 15) is 14.4 Å². The van der Waals surface area contributed by atoms with E-state index in [0.29, 0.717) is 18.5 Å². The molecule has 2 aromatic rings. The van der Waals surface area contributed by atoms with Crippen molar-refractivity contribution in [3.05, 3.63) is 32.6 Å². The van der Waals surface area contributed by atoms with Gasteiger partial charge in [-0.15, -0.1) is 0 Å². The molecule has 0 aliphatic heterocycles. The Hall–Kier alpha value is -2.44. The fraction of sp³-hybridized carbons (Fsp3) is 0.467. The summed E-state index contributed by atoms with van der Waals surface area (Å²) in [7, 11) is 2.98. The summed E-state index contributed by atoms with van der Waals surface area (Å²) in [4.78, 5) is 40.6. The molecule has 2 rings (SSSR count). The second-order valence-electron chi connectivity index (χ2n) is 5.21. The fourth-order valence-corrected chi connectivity index (χ4v) is 2.40. The predicted octanol–water partition coefficient (Wildman–Crippen LogP) is 0.933. The SMILES string of the molecule is CCCc1cnc2c(c1NC(=O)CC)c(=O)n(C)c(=O)n2C. The summed E-state index contributed by atoms with van der Waals surface area (Å²) in [5, 5.41) is 3.07. The van der Waals surface area contributed by atoms with Gasteiger partial charge in [0.25, 0.3) is 5.56 Å². The van der Waals surface area contributed by atoms with Crippen LogP contribution in [0.25, 0.3) is 11.0 Å². The molecule has 0 bridgehead atoms. The first-order valence-electron chi connectivity index (χ1n) is 7.29. The number of anilines is 1. The Labute approximate surface area is 127 Å². The minimum Gasteiger partial charge on any atom is -0.325 e. The van der Waals surface area contributed by atoms with Gasteiger partial charge in [-0.3, -0.25) is 18.7 Å². The maximum Gasteiger partial charge on any atom is 0.332 e. The first kappa shape index (κ1) is 15.9. The number of pyridine rings is 1. The molecule has 0 fully saturated rings. The quantitative estimate of drug-likeness (QED) is 0.910. The number of carbonyl (C=O) groups excluding carboxylic acids is 1. The summed E-state index contributed by atoms with van der Waals surface area (Å²) in [6.07, 6.45) is 3.47. The van der Waals surface area contributed by atoms with E-state index < -0.39 is 11.2 Å². The number of rotatable bonds is 4. The molecule has 2 heterocycles. The van der Waals surface area contributed by atoms with Crippen LogP contribution in [0.1, 0.15) is 32.3 Å². The summed E-state index contributed by atoms with van der Waals surface area (Å²) in [5.41, 5.74) is 0.651. The van der Waals surface area contributed by atoms with Crippen molar-refractivity contribution < 1.29 is 4.79 Å². The third kappa shape index (κ3) is 2.54. The fourth-order valence-electron chi connectivity index (χ4n) is 2.40. The third-order valence-corrected chi connectivity index (χ3v) is 3.65. The lowest BCUT2D eigenvalue weighted by molar-refractivity contribution is -0.115. The molecule has 0 unspecified atom stereocenters. The van der Waals surface area contributed by atoms with Gasteiger partial charge in [0.1, 0.15) is 5.39 Å². The highest BCUT2D eigenvalue weighted by molar-refractivity contribution is 6.00. The zero-order chi connectivity index (χ0) is 16.4. The molecular formula is C15H20N4O3. The van der Waals surface area contributed by atoms with E-state index in [4.69, 9.17) is 0 Å². The molecule has 118 valence electrons. The number of nitrogens with zero attached hydrogens (tertiary/aromatic N) is 3. The molecule has 0 atom stereocenters. The van der Waals surface area contributed by atoms with Crippen LogP contribution in [0.4, 0.5) is 5.69 Å². The van der Waals surface area contributed by atoms with Crippen molar-refractivity contribution in [2.45, 2.75) is 33.1 Å². The molecule has 0 saturated carbocycles. The Kier molecular flexibility index (Phi) is 4.44. The van der Waals surface area contributed by atoms with Gasteiger partial charge >= 0.3 is 5.69 Å². The topological polar surface area (TPSA) is 86.0 Å². The summed E-state index contributed by atoms with van der Waals surface area (Å²) >= 11 is 0. The van der Waals surface area contributed by atoms with E-state index in [2.05, 4.69) is 10.3 Å². The van der Waals surface area contributed by atoms with E-state index in [-0.39, 0.29) is 16.9 Å². The van der Waals surface area contributed by atoms with Crippen molar-refractivity contribution in [1.29, 1.82) is 0 Å². The number of nitrogens with one attached hydrogen (secondary N) is 1. The summed E-state index contributed by atoms with van der Waals surface area (Å²) in [5.74, 6) is -0.180. The third-order valence-electron chi connectivity index (χ3n) is 3.65. The van der Waals surface area contributed by atoms with Crippen molar-refractivity contribution in [1.82, 2.24) is 14.1 Å². The van der Waals surface area contributed by atoms with Gasteiger partial charge in [0.15, 0.2) is 5.65 Å². The number of carbonyl (C=O) groups is 1. The molecule has 2 aromatic heterocycles. The van der Waals surface area contributed by atoms with Crippen LogP contribution >= 0.6 is 0 Å². The zero-order valence-corrected chi connectivity index (χ0v) is 13.3. The van der Waals surface area contributed by atoms with Crippen LogP contribution in [0, 0.1) is 0 Å². The Bertz CT molecular complexity index is 848. The van der Waals surface area contributed by atoms with Gasteiger partial charge in [-0.2, -0.15) is 0 Å². The number of hydrogen-bond donors (Lipinski definition) is 1. The maximum absolute atomic E-state index is 12.5. The normalized spacial score (nSPS) is 10.9. The average molecular weight is 304 g/mol. The van der Waals surface area contributed by atoms with Gasteiger partial charge in [0.05, 0.1) is 5.69 Å². The van der Waals surface area contributed by atoms with Gasteiger partial charge in [-0.1, -0.05) is 20.3 Å². The standard InChI is InChI=1S/C15H20N4O3/c1-5-7-9-8-16-13-11(12(9)17-10(20)6-2)14(21)19(4)15(22)18(13)3/h8H,5-7H2,1-4H3,(H,16,17,20). The molecule has 7 heteroatoms. The van der Waals surface area contributed by atoms with Crippen molar-refractivity contribution in [2.75, 3.05) is 5.32 Å². The molecule has 1 amide bonds. The number of amides is 1. The van der Waals surface area contributed by atoms with Crippen molar-refractivity contribution in [3.8, 4) is 0 Å². The number of aryl methyl sites for hydroxylation is 2. The van der Waals surface area contributed by atoms with Crippen LogP contribution in [-0.2, 0) is 25.3 Å². The number of aromatic nitrogens is 3. The van der Waals surface area contributed by atoms with Gasteiger partial charge in [0.2, 0.25) is 5.91 Å². The molecule has 0 aliphatic rings. The maximum atomic E-state index is 12.5. The van der Waals surface area contributed by atoms with Crippen LogP contribution in [0.2, 0.25) is 0 Å². The molecule has 22 heavy (non-hydrogen) atoms. The largest absolute Gasteiger partial charge is 0.332 e. The lowest BCUT2D eigenvalue weighted by Crippen LogP contribution is -2.38. The minimum atomic E-state index is -0.449. The zero-order valence-electron chi connectivity index (χ0n) is 13.3. The van der Waals surface area contributed by atoms with E-state index in [1.807, 2.05) is 6.92 Å². The van der Waals surface area contributed by atoms with Crippen LogP contribution in [0.5, 0.6) is 0 Å². The van der Waals surface area contributed by atoms with E-state index in [0.717, 1.165) is 16.6 Å². The number of fused-ring (bicyclic) bond motifs is 1. The van der Waals surface area contributed by atoms with Crippen molar-refractivity contribution in [3.63, 3.8) is 0 Å². The van der Waals surface area contributed by atoms with Gasteiger partial charge < -0.3 is 5.32 Å². The van der Waals surface area contributed by atoms with Gasteiger partial charge in [-0.25, -0.2) is 9.78 Å². The Balaban J connectivity index is 2.91. The first-order chi connectivity index (χ1) is 10.4. The van der Waals surface area contributed by atoms with Crippen LogP contribution < -0.4 is 16.6 Å². The lowest BCUT2D eigenvalue weighted by atomic mass is 10.1. The highest BCUT2D eigenvalue weighted by Crippen LogP contribution is 2.23. The second kappa shape index (κ2) is 6.13. The van der Waals surface area contributed by atoms with Gasteiger partial charge in [-0.05, 0) is 12.0 Å². The summed E-state index contributed by atoms with van der Waals surface area (Å²) in [6.45, 7) is 3.75. The number of hydrogen-bond acceptors (Lipinski definition) is 4. The van der Waals surface area contributed by atoms with E-state index in [1.165, 1.54) is 11.6 Å². The monoisotopic (exact) mass is 304 g/mol. The molecule has 0 spiro atoms. The Morgan fingerprint density at radius 1 is 1.23 bits per heavy atom. The van der Waals surface area contributed by atoms with Gasteiger partial charge in [0, 0.05) is 26.7 Å². The second-order valence-corrected chi connectivity index (χ2v) is 5.21. The van der Waals surface area contributed by atoms with E-state index >= 15 is 0 Å². The van der Waals surface area contributed by atoms with Crippen molar-refractivity contribution >= 4 is 22.6 Å². The molecule has 0 radical (unpaired) electrons. The molecule has 7 nitrogen and oxygen atoms in total. The van der Waals surface area contributed by atoms with E-state index in [1.54, 1.807) is 20.2 Å². The summed E-state index contributed by atoms with van der Waals surface area (Å²) in [6, 6.07) is 0. The summed E-state index contributed by atoms with van der Waals surface area (Å²) < 4.78 is 2.34. The highest BCUT2D eigenvalue weighted by Gasteiger charge is 2.18. The predicted molar refractivity (Wildman–Crippen MR) is 85.1 cm³/mol. The molecule has 0 saturated heterocycles. The minimum absolute atomic E-state index is 0.180. The highest BCUT2D eigenvalue weighted by atomic mass is 16.2. The molecule has 0 aliphatic carbocycles. The molecule has 0 aromatic carbocycles. The Morgan fingerprint density at radius 3 is 2.50 bits per heavy atom. The first-order valence-corrected chi connectivity index (χ1v) is 7.29. The van der Waals surface area contributed by atoms with Crippen LogP contribution in [0.3, 0.4) is 0 Å². The van der Waals surface area contributed by atoms with Crippen LogP contribution in [0.15, 0.2) is 15.8 Å². The smallest absolute Gasteiger partial charge is 0.325 e. The molecule has 1 N–H and O–H groups in total. The van der Waals surface area contributed by atoms with Crippen LogP contribution in [-0.4, -0.2) is 20.0 Å². The lowest BCUT2D eigenvalue weighted by Gasteiger charge is -2.15. The average Bonchev–Trinajstić information content (AvgIpc) is 2.52. The van der Waals surface area contributed by atoms with Crippen molar-refractivity contribution in [2.24, 2.45) is 14.1 Å². The molecular weight excluding hydrogens is 284 g/mol. The Morgan fingerprint density at radius 2 is 1.91 bits per heavy atom.